The van der Waals surface area contributed by atoms with Crippen LogP contribution in [0, 0.1) is 21.4 Å². The maximum Gasteiger partial charge on any atom is 0.292 e. The second-order valence-electron chi connectivity index (χ2n) is 4.44. The van der Waals surface area contributed by atoms with Crippen LogP contribution in [0.5, 0.6) is 0 Å². The normalized spacial score (nSPS) is 10.3. The molecule has 0 heterocycles. The molecule has 7 heteroatoms. The number of rotatable bonds is 8. The highest BCUT2D eigenvalue weighted by Gasteiger charge is 2.13. The molecule has 1 N–H and O–H groups in total. The Morgan fingerprint density at radius 2 is 2.20 bits per heavy atom. The smallest absolute Gasteiger partial charge is 0.292 e. The van der Waals surface area contributed by atoms with E-state index in [1.165, 1.54) is 18.2 Å². The van der Waals surface area contributed by atoms with E-state index in [0.717, 1.165) is 6.54 Å². The van der Waals surface area contributed by atoms with E-state index in [1.807, 2.05) is 25.1 Å². The molecule has 1 aromatic carbocycles. The summed E-state index contributed by atoms with van der Waals surface area (Å²) in [6, 6.07) is 6.18. The van der Waals surface area contributed by atoms with Crippen LogP contribution >= 0.6 is 0 Å². The third kappa shape index (κ3) is 5.22. The average molecular weight is 278 g/mol. The van der Waals surface area contributed by atoms with Crippen molar-refractivity contribution in [2.24, 2.45) is 0 Å². The maximum absolute atomic E-state index is 10.9. The summed E-state index contributed by atoms with van der Waals surface area (Å²) in [7, 11) is 3.91. The van der Waals surface area contributed by atoms with E-state index >= 15 is 0 Å². The molecule has 0 saturated heterocycles. The predicted octanol–water partition coefficient (Wildman–Crippen LogP) is 1.46. The second kappa shape index (κ2) is 8.09. The van der Waals surface area contributed by atoms with Crippen LogP contribution in [-0.2, 0) is 4.74 Å². The molecule has 0 atom stereocenters. The van der Waals surface area contributed by atoms with Gasteiger partial charge < -0.3 is 15.0 Å². The molecular weight excluding hydrogens is 260 g/mol. The van der Waals surface area contributed by atoms with Gasteiger partial charge in [0, 0.05) is 19.2 Å². The molecule has 108 valence electrons. The molecule has 0 aliphatic heterocycles. The standard InChI is InChI=1S/C13H18N4O3/c1-16(2)6-8-20-7-5-15-12-9-11(10-14)3-4-13(12)17(18)19/h3-4,9,15H,5-8H2,1-2H3. The number of ether oxygens (including phenoxy) is 1. The average Bonchev–Trinajstić information content (AvgIpc) is 2.41. The van der Waals surface area contributed by atoms with Crippen LogP contribution in [0.1, 0.15) is 5.56 Å². The van der Waals surface area contributed by atoms with Gasteiger partial charge in [0.05, 0.1) is 29.8 Å². The summed E-state index contributed by atoms with van der Waals surface area (Å²) >= 11 is 0. The van der Waals surface area contributed by atoms with Crippen molar-refractivity contribution in [2.75, 3.05) is 45.7 Å². The Balaban J connectivity index is 2.50. The summed E-state index contributed by atoms with van der Waals surface area (Å²) in [4.78, 5) is 12.4. The van der Waals surface area contributed by atoms with Crippen molar-refractivity contribution in [3.63, 3.8) is 0 Å². The van der Waals surface area contributed by atoms with Crippen molar-refractivity contribution >= 4 is 11.4 Å². The molecule has 20 heavy (non-hydrogen) atoms. The summed E-state index contributed by atoms with van der Waals surface area (Å²) in [5.41, 5.74) is 0.675. The minimum Gasteiger partial charge on any atom is -0.378 e. The summed E-state index contributed by atoms with van der Waals surface area (Å²) in [5.74, 6) is 0. The molecule has 0 amide bonds. The minimum atomic E-state index is -0.476. The van der Waals surface area contributed by atoms with Gasteiger partial charge in [0.2, 0.25) is 0 Å². The molecular formula is C13H18N4O3. The number of benzene rings is 1. The fourth-order valence-corrected chi connectivity index (χ4v) is 1.51. The van der Waals surface area contributed by atoms with Crippen molar-refractivity contribution in [3.8, 4) is 6.07 Å². The quantitative estimate of drug-likeness (QED) is 0.439. The van der Waals surface area contributed by atoms with E-state index in [-0.39, 0.29) is 5.69 Å². The number of nitro groups is 1. The lowest BCUT2D eigenvalue weighted by Crippen LogP contribution is -2.20. The first-order valence-corrected chi connectivity index (χ1v) is 6.19. The lowest BCUT2D eigenvalue weighted by Gasteiger charge is -2.11. The maximum atomic E-state index is 10.9. The fraction of sp³-hybridized carbons (Fsp3) is 0.462. The molecule has 1 aromatic rings. The lowest BCUT2D eigenvalue weighted by molar-refractivity contribution is -0.384. The predicted molar refractivity (Wildman–Crippen MR) is 75.7 cm³/mol. The molecule has 0 saturated carbocycles. The van der Waals surface area contributed by atoms with Gasteiger partial charge in [-0.3, -0.25) is 10.1 Å². The third-order valence-electron chi connectivity index (χ3n) is 2.57. The van der Waals surface area contributed by atoms with Gasteiger partial charge in [-0.25, -0.2) is 0 Å². The summed E-state index contributed by atoms with van der Waals surface area (Å²) < 4.78 is 5.38. The Kier molecular flexibility index (Phi) is 6.43. The zero-order valence-corrected chi connectivity index (χ0v) is 11.6. The van der Waals surface area contributed by atoms with Gasteiger partial charge >= 0.3 is 0 Å². The Morgan fingerprint density at radius 3 is 2.80 bits per heavy atom. The first-order valence-electron chi connectivity index (χ1n) is 6.19. The van der Waals surface area contributed by atoms with Crippen molar-refractivity contribution < 1.29 is 9.66 Å². The number of hydrogen-bond acceptors (Lipinski definition) is 6. The number of nitro benzene ring substituents is 1. The highest BCUT2D eigenvalue weighted by Crippen LogP contribution is 2.24. The van der Waals surface area contributed by atoms with Crippen molar-refractivity contribution in [2.45, 2.75) is 0 Å². The number of likely N-dealkylation sites (N-methyl/N-ethyl adjacent to an activating group) is 1. The fourth-order valence-electron chi connectivity index (χ4n) is 1.51. The number of anilines is 1. The van der Waals surface area contributed by atoms with Gasteiger partial charge in [0.1, 0.15) is 5.69 Å². The van der Waals surface area contributed by atoms with Gasteiger partial charge in [-0.2, -0.15) is 5.26 Å². The molecule has 0 radical (unpaired) electrons. The molecule has 0 spiro atoms. The zero-order valence-electron chi connectivity index (χ0n) is 11.6. The molecule has 0 unspecified atom stereocenters. The van der Waals surface area contributed by atoms with Crippen molar-refractivity contribution in [3.05, 3.63) is 33.9 Å². The molecule has 0 fully saturated rings. The van der Waals surface area contributed by atoms with Gasteiger partial charge in [-0.1, -0.05) is 0 Å². The van der Waals surface area contributed by atoms with E-state index < -0.39 is 4.92 Å². The summed E-state index contributed by atoms with van der Waals surface area (Å²) in [6.45, 7) is 2.32. The van der Waals surface area contributed by atoms with E-state index in [4.69, 9.17) is 10.00 Å². The van der Waals surface area contributed by atoms with Crippen LogP contribution in [0.3, 0.4) is 0 Å². The monoisotopic (exact) mass is 278 g/mol. The van der Waals surface area contributed by atoms with Gasteiger partial charge in [-0.15, -0.1) is 0 Å². The number of nitrogens with one attached hydrogen (secondary N) is 1. The largest absolute Gasteiger partial charge is 0.378 e. The summed E-state index contributed by atoms with van der Waals surface area (Å²) in [5, 5.41) is 22.6. The highest BCUT2D eigenvalue weighted by molar-refractivity contribution is 5.64. The molecule has 0 aromatic heterocycles. The Morgan fingerprint density at radius 1 is 1.45 bits per heavy atom. The van der Waals surface area contributed by atoms with Crippen molar-refractivity contribution in [1.82, 2.24) is 4.90 Å². The van der Waals surface area contributed by atoms with E-state index in [0.29, 0.717) is 31.0 Å². The van der Waals surface area contributed by atoms with Crippen LogP contribution in [0.2, 0.25) is 0 Å². The third-order valence-corrected chi connectivity index (χ3v) is 2.57. The van der Waals surface area contributed by atoms with E-state index in [9.17, 15) is 10.1 Å². The Labute approximate surface area is 117 Å². The highest BCUT2D eigenvalue weighted by atomic mass is 16.6. The first-order chi connectivity index (χ1) is 9.54. The number of hydrogen-bond donors (Lipinski definition) is 1. The molecule has 0 bridgehead atoms. The van der Waals surface area contributed by atoms with E-state index in [1.54, 1.807) is 0 Å². The van der Waals surface area contributed by atoms with Gasteiger partial charge in [0.15, 0.2) is 0 Å². The van der Waals surface area contributed by atoms with Crippen LogP contribution in [-0.4, -0.2) is 50.2 Å². The van der Waals surface area contributed by atoms with Gasteiger partial charge in [0.25, 0.3) is 5.69 Å². The lowest BCUT2D eigenvalue weighted by atomic mass is 10.2. The molecule has 0 aliphatic carbocycles. The van der Waals surface area contributed by atoms with Gasteiger partial charge in [-0.05, 0) is 26.2 Å². The summed E-state index contributed by atoms with van der Waals surface area (Å²) in [6.07, 6.45) is 0. The zero-order chi connectivity index (χ0) is 15.0. The minimum absolute atomic E-state index is 0.0442. The van der Waals surface area contributed by atoms with Crippen LogP contribution in [0.25, 0.3) is 0 Å². The Bertz CT molecular complexity index is 497. The SMILES string of the molecule is CN(C)CCOCCNc1cc(C#N)ccc1[N+](=O)[O-]. The Hall–Kier alpha value is -2.17. The number of nitrogens with zero attached hydrogens (tertiary/aromatic N) is 3. The first kappa shape index (κ1) is 15.9. The molecule has 7 nitrogen and oxygen atoms in total. The van der Waals surface area contributed by atoms with Crippen LogP contribution < -0.4 is 5.32 Å². The second-order valence-corrected chi connectivity index (χ2v) is 4.44. The molecule has 0 aliphatic rings. The van der Waals surface area contributed by atoms with Crippen LogP contribution in [0.4, 0.5) is 11.4 Å². The van der Waals surface area contributed by atoms with Crippen LogP contribution in [0.15, 0.2) is 18.2 Å². The van der Waals surface area contributed by atoms with Crippen molar-refractivity contribution in [1.29, 1.82) is 5.26 Å². The van der Waals surface area contributed by atoms with E-state index in [2.05, 4.69) is 5.32 Å². The topological polar surface area (TPSA) is 91.4 Å². The molecule has 1 rings (SSSR count). The number of nitriles is 1.